The van der Waals surface area contributed by atoms with E-state index >= 15 is 0 Å². The van der Waals surface area contributed by atoms with E-state index in [2.05, 4.69) is 0 Å². The number of hydrogen-bond donors (Lipinski definition) is 0. The van der Waals surface area contributed by atoms with Crippen LogP contribution in [0.4, 0.5) is 0 Å². The minimum absolute atomic E-state index is 0.0254. The molecule has 0 spiro atoms. The van der Waals surface area contributed by atoms with Gasteiger partial charge in [0.1, 0.15) is 4.75 Å². The van der Waals surface area contributed by atoms with E-state index in [1.54, 1.807) is 0 Å². The molecule has 21 heavy (non-hydrogen) atoms. The van der Waals surface area contributed by atoms with Crippen LogP contribution in [0.15, 0.2) is 17.0 Å². The molecule has 0 unspecified atom stereocenters. The van der Waals surface area contributed by atoms with Crippen LogP contribution in [-0.2, 0) is 14.6 Å². The van der Waals surface area contributed by atoms with E-state index in [0.717, 1.165) is 16.7 Å². The highest BCUT2D eigenvalue weighted by molar-refractivity contribution is 7.94. The average molecular weight is 306 g/mol. The molecule has 0 heterocycles. The third-order valence-electron chi connectivity index (χ3n) is 5.61. The quantitative estimate of drug-likeness (QED) is 0.843. The normalized spacial score (nSPS) is 30.3. The summed E-state index contributed by atoms with van der Waals surface area (Å²) >= 11 is 0. The Labute approximate surface area is 126 Å². The molecule has 2 atom stereocenters. The predicted octanol–water partition coefficient (Wildman–Crippen LogP) is 3.14. The van der Waals surface area contributed by atoms with E-state index in [4.69, 9.17) is 0 Å². The van der Waals surface area contributed by atoms with Crippen molar-refractivity contribution in [3.8, 4) is 0 Å². The lowest BCUT2D eigenvalue weighted by Crippen LogP contribution is -2.36. The smallest absolute Gasteiger partial charge is 0.192 e. The van der Waals surface area contributed by atoms with Gasteiger partial charge in [-0.15, -0.1) is 0 Å². The van der Waals surface area contributed by atoms with E-state index in [-0.39, 0.29) is 11.7 Å². The van der Waals surface area contributed by atoms with E-state index < -0.39 is 20.0 Å². The summed E-state index contributed by atoms with van der Waals surface area (Å²) in [6.07, 6.45) is 1.10. The number of ketones is 1. The monoisotopic (exact) mass is 306 g/mol. The van der Waals surface area contributed by atoms with E-state index in [0.29, 0.717) is 17.7 Å². The highest BCUT2D eigenvalue weighted by Gasteiger charge is 2.84. The number of hydrogen-bond acceptors (Lipinski definition) is 3. The van der Waals surface area contributed by atoms with Gasteiger partial charge in [0.25, 0.3) is 0 Å². The SMILES string of the molecule is Cc1cc(C)c(S(=O)(=O)[C@@]23C(=O)CC[C@@H]2C3(C)C)c(C)c1. The summed E-state index contributed by atoms with van der Waals surface area (Å²) in [4.78, 5) is 12.9. The second kappa shape index (κ2) is 3.97. The molecule has 2 aliphatic rings. The van der Waals surface area contributed by atoms with Crippen LogP contribution in [0.1, 0.15) is 43.4 Å². The maximum atomic E-state index is 13.4. The van der Waals surface area contributed by atoms with Gasteiger partial charge in [-0.25, -0.2) is 8.42 Å². The Morgan fingerprint density at radius 3 is 2.05 bits per heavy atom. The van der Waals surface area contributed by atoms with Crippen LogP contribution in [0.25, 0.3) is 0 Å². The molecular weight excluding hydrogens is 284 g/mol. The largest absolute Gasteiger partial charge is 0.298 e. The Bertz CT molecular complexity index is 735. The highest BCUT2D eigenvalue weighted by atomic mass is 32.2. The van der Waals surface area contributed by atoms with Crippen LogP contribution in [0.2, 0.25) is 0 Å². The fraction of sp³-hybridized carbons (Fsp3) is 0.588. The minimum Gasteiger partial charge on any atom is -0.298 e. The lowest BCUT2D eigenvalue weighted by Gasteiger charge is -2.21. The van der Waals surface area contributed by atoms with Crippen molar-refractivity contribution in [1.29, 1.82) is 0 Å². The minimum atomic E-state index is -3.65. The van der Waals surface area contributed by atoms with Crippen molar-refractivity contribution in [1.82, 2.24) is 0 Å². The molecule has 0 aromatic heterocycles. The van der Waals surface area contributed by atoms with Gasteiger partial charge in [-0.2, -0.15) is 0 Å². The number of sulfone groups is 1. The van der Waals surface area contributed by atoms with E-state index in [9.17, 15) is 13.2 Å². The van der Waals surface area contributed by atoms with Crippen LogP contribution in [0.5, 0.6) is 0 Å². The van der Waals surface area contributed by atoms with E-state index in [1.165, 1.54) is 0 Å². The molecule has 2 fully saturated rings. The molecule has 1 aromatic carbocycles. The highest BCUT2D eigenvalue weighted by Crippen LogP contribution is 2.73. The van der Waals surface area contributed by atoms with Gasteiger partial charge >= 0.3 is 0 Å². The van der Waals surface area contributed by atoms with Crippen LogP contribution >= 0.6 is 0 Å². The summed E-state index contributed by atoms with van der Waals surface area (Å²) in [5.74, 6) is -0.112. The van der Waals surface area contributed by atoms with Crippen LogP contribution in [-0.4, -0.2) is 18.9 Å². The van der Waals surface area contributed by atoms with Gasteiger partial charge in [0.2, 0.25) is 0 Å². The van der Waals surface area contributed by atoms with Crippen molar-refractivity contribution in [2.24, 2.45) is 11.3 Å². The van der Waals surface area contributed by atoms with E-state index in [1.807, 2.05) is 46.8 Å². The summed E-state index contributed by atoms with van der Waals surface area (Å²) in [7, 11) is -3.65. The molecule has 0 radical (unpaired) electrons. The fourth-order valence-corrected chi connectivity index (χ4v) is 8.09. The molecule has 0 saturated heterocycles. The van der Waals surface area contributed by atoms with Crippen molar-refractivity contribution in [2.75, 3.05) is 0 Å². The third kappa shape index (κ3) is 1.49. The fourth-order valence-electron chi connectivity index (χ4n) is 4.84. The van der Waals surface area contributed by atoms with Crippen LogP contribution in [0, 0.1) is 32.1 Å². The van der Waals surface area contributed by atoms with Crippen LogP contribution < -0.4 is 0 Å². The zero-order valence-corrected chi connectivity index (χ0v) is 14.1. The Morgan fingerprint density at radius 2 is 1.62 bits per heavy atom. The molecule has 0 aliphatic heterocycles. The second-order valence-corrected chi connectivity index (χ2v) is 9.26. The predicted molar refractivity (Wildman–Crippen MR) is 82.1 cm³/mol. The van der Waals surface area contributed by atoms with Gasteiger partial charge in [-0.05, 0) is 49.7 Å². The van der Waals surface area contributed by atoms with Crippen molar-refractivity contribution in [3.63, 3.8) is 0 Å². The number of aryl methyl sites for hydroxylation is 3. The lowest BCUT2D eigenvalue weighted by atomic mass is 10.00. The molecule has 0 bridgehead atoms. The zero-order valence-electron chi connectivity index (χ0n) is 13.3. The van der Waals surface area contributed by atoms with Gasteiger partial charge in [0.05, 0.1) is 4.90 Å². The number of benzene rings is 1. The molecule has 1 aromatic rings. The van der Waals surface area contributed by atoms with Crippen molar-refractivity contribution in [2.45, 2.75) is 57.1 Å². The van der Waals surface area contributed by atoms with Crippen molar-refractivity contribution < 1.29 is 13.2 Å². The summed E-state index contributed by atoms with van der Waals surface area (Å²) in [6, 6.07) is 3.78. The second-order valence-electron chi connectivity index (χ2n) is 7.20. The standard InChI is InChI=1S/C17H22O3S/c1-10-8-11(2)15(12(3)9-10)21(19,20)17-13(16(17,4)5)6-7-14(17)18/h8-9,13H,6-7H2,1-5H3/t13-,17-/m1/s1. The number of carbonyl (C=O) groups excluding carboxylic acids is 1. The lowest BCUT2D eigenvalue weighted by molar-refractivity contribution is -0.119. The van der Waals surface area contributed by atoms with Gasteiger partial charge in [0, 0.05) is 6.42 Å². The molecular formula is C17H22O3S. The summed E-state index contributed by atoms with van der Waals surface area (Å²) < 4.78 is 25.5. The Kier molecular flexibility index (Phi) is 2.79. The molecule has 3 rings (SSSR count). The first-order valence-corrected chi connectivity index (χ1v) is 8.92. The van der Waals surface area contributed by atoms with Gasteiger partial charge < -0.3 is 0 Å². The summed E-state index contributed by atoms with van der Waals surface area (Å²) in [5, 5.41) is 0. The summed E-state index contributed by atoms with van der Waals surface area (Å²) in [5.41, 5.74) is 2.11. The molecule has 3 nitrogen and oxygen atoms in total. The number of Topliss-reactive ketones (excluding diaryl/α,β-unsaturated/α-hetero) is 1. The van der Waals surface area contributed by atoms with Crippen LogP contribution in [0.3, 0.4) is 0 Å². The summed E-state index contributed by atoms with van der Waals surface area (Å²) in [6.45, 7) is 9.45. The first kappa shape index (κ1) is 14.8. The maximum Gasteiger partial charge on any atom is 0.192 e. The topological polar surface area (TPSA) is 51.2 Å². The number of carbonyl (C=O) groups is 1. The first-order valence-electron chi connectivity index (χ1n) is 7.44. The molecule has 2 aliphatic carbocycles. The van der Waals surface area contributed by atoms with Gasteiger partial charge in [-0.1, -0.05) is 31.5 Å². The number of rotatable bonds is 2. The molecule has 0 N–H and O–H groups in total. The molecule has 114 valence electrons. The Balaban J connectivity index is 2.27. The Hall–Kier alpha value is -1.16. The Morgan fingerprint density at radius 1 is 1.10 bits per heavy atom. The molecule has 2 saturated carbocycles. The maximum absolute atomic E-state index is 13.4. The zero-order chi connectivity index (χ0) is 15.8. The average Bonchev–Trinajstić information content (AvgIpc) is 2.61. The van der Waals surface area contributed by atoms with Crippen molar-refractivity contribution in [3.05, 3.63) is 28.8 Å². The third-order valence-corrected chi connectivity index (χ3v) is 8.67. The van der Waals surface area contributed by atoms with Gasteiger partial charge in [0.15, 0.2) is 15.6 Å². The first-order chi connectivity index (χ1) is 9.58. The number of fused-ring (bicyclic) bond motifs is 1. The van der Waals surface area contributed by atoms with Gasteiger partial charge in [-0.3, -0.25) is 4.79 Å². The molecule has 0 amide bonds. The van der Waals surface area contributed by atoms with Crippen molar-refractivity contribution >= 4 is 15.6 Å². The molecule has 4 heteroatoms.